The zero-order valence-corrected chi connectivity index (χ0v) is 17.8. The molecule has 0 spiro atoms. The zero-order valence-electron chi connectivity index (χ0n) is 15.0. The summed E-state index contributed by atoms with van der Waals surface area (Å²) in [6, 6.07) is 0. The standard InChI is InChI=1S/C9H13NOS.C9H11NOS.Mn.2O/c2*11-6-8-5-10-9(12-8)7-3-1-2-4-7;;;/h5,7,11H,1-4,6H2;5-7H,1-4H2;;;. The van der Waals surface area contributed by atoms with E-state index in [0.29, 0.717) is 11.8 Å². The summed E-state index contributed by atoms with van der Waals surface area (Å²) in [5.41, 5.74) is 0. The van der Waals surface area contributed by atoms with Crippen LogP contribution in [0.1, 0.15) is 87.8 Å². The number of aldehydes is 1. The Labute approximate surface area is 173 Å². The van der Waals surface area contributed by atoms with Gasteiger partial charge in [0, 0.05) is 24.2 Å². The van der Waals surface area contributed by atoms with Crippen LogP contribution in [0.2, 0.25) is 0 Å². The molecule has 2 aromatic rings. The minimum atomic E-state index is -1.44. The van der Waals surface area contributed by atoms with E-state index in [1.165, 1.54) is 56.4 Å². The summed E-state index contributed by atoms with van der Waals surface area (Å²) in [7, 11) is 0. The Morgan fingerprint density at radius 2 is 1.44 bits per heavy atom. The van der Waals surface area contributed by atoms with Crippen LogP contribution in [0.3, 0.4) is 0 Å². The van der Waals surface area contributed by atoms with Crippen molar-refractivity contribution in [2.45, 2.75) is 69.8 Å². The number of aliphatic hydroxyl groups excluding tert-OH is 1. The SMILES string of the molecule is O=Cc1cnc(C2CCCC2)s1.OCc1cnc(C2CCCC2)s1.[O]=[Mn]=[O]. The summed E-state index contributed by atoms with van der Waals surface area (Å²) in [5, 5.41) is 11.3. The number of aromatic nitrogens is 2. The van der Waals surface area contributed by atoms with Gasteiger partial charge in [0.1, 0.15) is 0 Å². The number of hydrogen-bond acceptors (Lipinski definition) is 8. The van der Waals surface area contributed by atoms with Crippen LogP contribution in [0.15, 0.2) is 12.4 Å². The second-order valence-electron chi connectivity index (χ2n) is 6.57. The molecular weight excluding hydrogens is 427 g/mol. The minimum absolute atomic E-state index is 0.143. The predicted molar refractivity (Wildman–Crippen MR) is 99.3 cm³/mol. The molecule has 2 aliphatic carbocycles. The van der Waals surface area contributed by atoms with Gasteiger partial charge in [-0.2, -0.15) is 0 Å². The molecule has 0 unspecified atom stereocenters. The number of carbonyl (C=O) groups excluding carboxylic acids is 1. The van der Waals surface area contributed by atoms with Gasteiger partial charge in [0.25, 0.3) is 0 Å². The molecular formula is C18H24MnN2O4S2. The molecule has 2 heterocycles. The first-order valence-corrected chi connectivity index (χ1v) is 11.7. The van der Waals surface area contributed by atoms with E-state index in [-0.39, 0.29) is 6.61 Å². The second-order valence-corrected chi connectivity index (χ2v) is 9.00. The molecule has 2 fully saturated rings. The Morgan fingerprint density at radius 1 is 0.963 bits per heavy atom. The van der Waals surface area contributed by atoms with Crippen LogP contribution >= 0.6 is 22.7 Å². The molecule has 0 atom stereocenters. The molecule has 0 bridgehead atoms. The third-order valence-electron chi connectivity index (χ3n) is 4.79. The summed E-state index contributed by atoms with van der Waals surface area (Å²) in [4.78, 5) is 20.7. The van der Waals surface area contributed by atoms with Crippen molar-refractivity contribution in [3.05, 3.63) is 32.2 Å². The van der Waals surface area contributed by atoms with E-state index in [1.54, 1.807) is 35.1 Å². The molecule has 0 aromatic carbocycles. The molecule has 1 N–H and O–H groups in total. The fraction of sp³-hybridized carbons (Fsp3) is 0.611. The molecule has 0 aliphatic heterocycles. The Bertz CT molecular complexity index is 731. The molecule has 6 nitrogen and oxygen atoms in total. The van der Waals surface area contributed by atoms with Gasteiger partial charge in [-0.25, -0.2) is 9.97 Å². The Hall–Kier alpha value is -0.991. The third kappa shape index (κ3) is 7.16. The molecule has 2 aliphatic rings. The van der Waals surface area contributed by atoms with E-state index >= 15 is 0 Å². The van der Waals surface area contributed by atoms with E-state index in [1.807, 2.05) is 0 Å². The quantitative estimate of drug-likeness (QED) is 0.536. The van der Waals surface area contributed by atoms with Gasteiger partial charge in [-0.05, 0) is 25.7 Å². The number of hydrogen-bond donors (Lipinski definition) is 1. The average Bonchev–Trinajstić information content (AvgIpc) is 3.50. The normalized spacial score (nSPS) is 16.9. The first-order valence-electron chi connectivity index (χ1n) is 9.07. The fourth-order valence-corrected chi connectivity index (χ4v) is 5.32. The van der Waals surface area contributed by atoms with Crippen molar-refractivity contribution in [1.82, 2.24) is 9.97 Å². The fourth-order valence-electron chi connectivity index (χ4n) is 3.47. The van der Waals surface area contributed by atoms with E-state index in [2.05, 4.69) is 9.97 Å². The number of rotatable bonds is 4. The van der Waals surface area contributed by atoms with Gasteiger partial charge in [-0.15, -0.1) is 22.7 Å². The Kier molecular flexibility index (Phi) is 10.3. The van der Waals surface area contributed by atoms with Crippen LogP contribution < -0.4 is 0 Å². The molecule has 9 heteroatoms. The van der Waals surface area contributed by atoms with Crippen LogP contribution in [-0.2, 0) is 29.1 Å². The average molecular weight is 451 g/mol. The molecule has 0 saturated heterocycles. The van der Waals surface area contributed by atoms with E-state index < -0.39 is 14.8 Å². The van der Waals surface area contributed by atoms with E-state index in [0.717, 1.165) is 21.0 Å². The van der Waals surface area contributed by atoms with Crippen molar-refractivity contribution in [2.24, 2.45) is 0 Å². The number of thiazole rings is 2. The van der Waals surface area contributed by atoms with Gasteiger partial charge < -0.3 is 5.11 Å². The van der Waals surface area contributed by atoms with Gasteiger partial charge >= 0.3 is 22.5 Å². The van der Waals surface area contributed by atoms with Gasteiger partial charge in [-0.3, -0.25) is 4.79 Å². The molecule has 0 radical (unpaired) electrons. The maximum absolute atomic E-state index is 10.4. The molecule has 4 rings (SSSR count). The first kappa shape index (κ1) is 22.3. The summed E-state index contributed by atoms with van der Waals surface area (Å²) in [6.45, 7) is 0.143. The summed E-state index contributed by atoms with van der Waals surface area (Å²) in [5.74, 6) is 1.33. The maximum atomic E-state index is 10.4. The van der Waals surface area contributed by atoms with Crippen LogP contribution in [-0.4, -0.2) is 21.4 Å². The van der Waals surface area contributed by atoms with Crippen LogP contribution in [0, 0.1) is 0 Å². The van der Waals surface area contributed by atoms with Gasteiger partial charge in [-0.1, -0.05) is 25.7 Å². The Morgan fingerprint density at radius 3 is 1.85 bits per heavy atom. The van der Waals surface area contributed by atoms with Crippen molar-refractivity contribution < 1.29 is 32.4 Å². The monoisotopic (exact) mass is 451 g/mol. The van der Waals surface area contributed by atoms with Crippen LogP contribution in [0.25, 0.3) is 0 Å². The van der Waals surface area contributed by atoms with Crippen molar-refractivity contribution in [2.75, 3.05) is 0 Å². The van der Waals surface area contributed by atoms with Gasteiger partial charge in [0.05, 0.1) is 26.4 Å². The topological polar surface area (TPSA) is 97.2 Å². The molecule has 2 aromatic heterocycles. The van der Waals surface area contributed by atoms with E-state index in [9.17, 15) is 4.79 Å². The second kappa shape index (κ2) is 12.5. The number of carbonyl (C=O) groups is 1. The first-order chi connectivity index (χ1) is 13.2. The van der Waals surface area contributed by atoms with Crippen molar-refractivity contribution >= 4 is 29.0 Å². The summed E-state index contributed by atoms with van der Waals surface area (Å²) >= 11 is 1.78. The summed E-state index contributed by atoms with van der Waals surface area (Å²) < 4.78 is 16.8. The number of nitrogens with zero attached hydrogens (tertiary/aromatic N) is 2. The zero-order chi connectivity index (χ0) is 19.5. The number of aliphatic hydroxyl groups is 1. The van der Waals surface area contributed by atoms with Crippen LogP contribution in [0.5, 0.6) is 0 Å². The predicted octanol–water partition coefficient (Wildman–Crippen LogP) is 4.67. The molecule has 149 valence electrons. The van der Waals surface area contributed by atoms with Crippen molar-refractivity contribution in [1.29, 1.82) is 0 Å². The van der Waals surface area contributed by atoms with Crippen molar-refractivity contribution in [3.63, 3.8) is 0 Å². The van der Waals surface area contributed by atoms with E-state index in [4.69, 9.17) is 12.8 Å². The Balaban J connectivity index is 0.000000170. The van der Waals surface area contributed by atoms with Crippen molar-refractivity contribution in [3.8, 4) is 0 Å². The summed E-state index contributed by atoms with van der Waals surface area (Å²) in [6.07, 6.45) is 14.8. The third-order valence-corrected chi connectivity index (χ3v) is 7.02. The van der Waals surface area contributed by atoms with Crippen LogP contribution in [0.4, 0.5) is 0 Å². The van der Waals surface area contributed by atoms with Gasteiger partial charge in [0.15, 0.2) is 6.29 Å². The molecule has 2 saturated carbocycles. The molecule has 0 amide bonds. The molecule has 27 heavy (non-hydrogen) atoms. The van der Waals surface area contributed by atoms with Gasteiger partial charge in [0.2, 0.25) is 0 Å².